The second-order valence-electron chi connectivity index (χ2n) is 6.19. The van der Waals surface area contributed by atoms with Crippen LogP contribution in [0.5, 0.6) is 0 Å². The van der Waals surface area contributed by atoms with Gasteiger partial charge in [0.15, 0.2) is 0 Å². The van der Waals surface area contributed by atoms with Crippen LogP contribution in [-0.4, -0.2) is 19.3 Å². The number of aromatic nitrogens is 3. The summed E-state index contributed by atoms with van der Waals surface area (Å²) in [7, 11) is 0. The number of rotatable bonds is 4. The smallest absolute Gasteiger partial charge is 0.276 e. The maximum atomic E-state index is 13.1. The lowest BCUT2D eigenvalue weighted by Gasteiger charge is -2.13. The van der Waals surface area contributed by atoms with Crippen LogP contribution in [-0.2, 0) is 6.54 Å². The van der Waals surface area contributed by atoms with Crippen LogP contribution < -0.4 is 5.56 Å². The van der Waals surface area contributed by atoms with Gasteiger partial charge in [0, 0.05) is 23.0 Å². The minimum Gasteiger partial charge on any atom is -0.387 e. The summed E-state index contributed by atoms with van der Waals surface area (Å²) in [6.07, 6.45) is 2.35. The van der Waals surface area contributed by atoms with Gasteiger partial charge in [0.05, 0.1) is 18.3 Å². The van der Waals surface area contributed by atoms with E-state index < -0.39 is 6.10 Å². The summed E-state index contributed by atoms with van der Waals surface area (Å²) in [5.74, 6) is -0.333. The van der Waals surface area contributed by atoms with Crippen molar-refractivity contribution in [2.75, 3.05) is 0 Å². The normalized spacial score (nSPS) is 12.4. The van der Waals surface area contributed by atoms with Crippen molar-refractivity contribution in [3.05, 3.63) is 93.7 Å². The molecule has 2 aromatic carbocycles. The highest BCUT2D eigenvalue weighted by Crippen LogP contribution is 2.20. The number of aliphatic hydroxyl groups excluding tert-OH is 1. The minimum atomic E-state index is -0.872. The van der Waals surface area contributed by atoms with E-state index in [9.17, 15) is 14.3 Å². The second-order valence-corrected chi connectivity index (χ2v) is 6.63. The minimum absolute atomic E-state index is 0.0900. The Kier molecular flexibility index (Phi) is 4.51. The zero-order valence-electron chi connectivity index (χ0n) is 14.1. The Balaban J connectivity index is 1.68. The van der Waals surface area contributed by atoms with Gasteiger partial charge in [-0.3, -0.25) is 4.79 Å². The molecule has 4 rings (SSSR count). The van der Waals surface area contributed by atoms with E-state index in [4.69, 9.17) is 11.6 Å². The topological polar surface area (TPSA) is 59.5 Å². The molecule has 0 fully saturated rings. The average Bonchev–Trinajstić information content (AvgIpc) is 3.10. The Morgan fingerprint density at radius 2 is 1.89 bits per heavy atom. The molecule has 0 saturated carbocycles. The molecule has 136 valence electrons. The summed E-state index contributed by atoms with van der Waals surface area (Å²) >= 11 is 5.96. The Hall–Kier alpha value is -2.96. The van der Waals surface area contributed by atoms with Gasteiger partial charge in [-0.05, 0) is 48.0 Å². The molecule has 1 N–H and O–H groups in total. The third-order valence-corrected chi connectivity index (χ3v) is 4.58. The van der Waals surface area contributed by atoms with Crippen molar-refractivity contribution in [3.63, 3.8) is 0 Å². The highest BCUT2D eigenvalue weighted by atomic mass is 35.5. The van der Waals surface area contributed by atoms with E-state index in [1.54, 1.807) is 54.9 Å². The number of halogens is 2. The van der Waals surface area contributed by atoms with E-state index in [0.717, 1.165) is 0 Å². The van der Waals surface area contributed by atoms with Crippen LogP contribution in [0.1, 0.15) is 11.7 Å². The SMILES string of the molecule is O=c1c2cc(-c3ccc(F)cc3)nn2ccn1CC(O)c1cccc(Cl)c1. The van der Waals surface area contributed by atoms with Crippen LogP contribution in [0.25, 0.3) is 16.8 Å². The van der Waals surface area contributed by atoms with Crippen molar-refractivity contribution < 1.29 is 9.50 Å². The van der Waals surface area contributed by atoms with Crippen LogP contribution in [0.15, 0.2) is 71.8 Å². The van der Waals surface area contributed by atoms with Crippen molar-refractivity contribution in [1.82, 2.24) is 14.2 Å². The first-order chi connectivity index (χ1) is 13.0. The maximum absolute atomic E-state index is 13.1. The van der Waals surface area contributed by atoms with Crippen molar-refractivity contribution in [1.29, 1.82) is 0 Å². The number of hydrogen-bond donors (Lipinski definition) is 1. The van der Waals surface area contributed by atoms with Crippen molar-refractivity contribution >= 4 is 17.1 Å². The first kappa shape index (κ1) is 17.5. The van der Waals surface area contributed by atoms with Gasteiger partial charge in [0.1, 0.15) is 11.3 Å². The Bertz CT molecular complexity index is 1170. The van der Waals surface area contributed by atoms with E-state index in [-0.39, 0.29) is 17.9 Å². The number of aliphatic hydroxyl groups is 1. The predicted octanol–water partition coefficient (Wildman–Crippen LogP) is 3.69. The second kappa shape index (κ2) is 6.98. The third-order valence-electron chi connectivity index (χ3n) is 4.35. The lowest BCUT2D eigenvalue weighted by Crippen LogP contribution is -2.24. The molecule has 0 saturated heterocycles. The molecule has 0 spiro atoms. The van der Waals surface area contributed by atoms with Gasteiger partial charge in [0.25, 0.3) is 5.56 Å². The first-order valence-electron chi connectivity index (χ1n) is 8.29. The Morgan fingerprint density at radius 3 is 2.63 bits per heavy atom. The van der Waals surface area contributed by atoms with Crippen LogP contribution in [0.3, 0.4) is 0 Å². The van der Waals surface area contributed by atoms with Crippen LogP contribution >= 0.6 is 11.6 Å². The molecule has 1 unspecified atom stereocenters. The zero-order chi connectivity index (χ0) is 19.0. The molecule has 4 aromatic rings. The highest BCUT2D eigenvalue weighted by molar-refractivity contribution is 6.30. The molecule has 0 aliphatic rings. The van der Waals surface area contributed by atoms with E-state index in [1.807, 2.05) is 0 Å². The van der Waals surface area contributed by atoms with Gasteiger partial charge in [-0.1, -0.05) is 23.7 Å². The molecule has 1 atom stereocenters. The molecule has 5 nitrogen and oxygen atoms in total. The zero-order valence-corrected chi connectivity index (χ0v) is 14.8. The number of nitrogens with zero attached hydrogens (tertiary/aromatic N) is 3. The van der Waals surface area contributed by atoms with Crippen molar-refractivity contribution in [2.24, 2.45) is 0 Å². The molecule has 0 aliphatic carbocycles. The van der Waals surface area contributed by atoms with Gasteiger partial charge >= 0.3 is 0 Å². The Morgan fingerprint density at radius 1 is 1.11 bits per heavy atom. The van der Waals surface area contributed by atoms with Gasteiger partial charge in [-0.15, -0.1) is 0 Å². The molecule has 7 heteroatoms. The summed E-state index contributed by atoms with van der Waals surface area (Å²) in [4.78, 5) is 12.8. The summed E-state index contributed by atoms with van der Waals surface area (Å²) in [5, 5.41) is 15.3. The molecule has 0 radical (unpaired) electrons. The highest BCUT2D eigenvalue weighted by Gasteiger charge is 2.13. The van der Waals surface area contributed by atoms with Crippen LogP contribution in [0.4, 0.5) is 4.39 Å². The molecular formula is C20H15ClFN3O2. The molecule has 27 heavy (non-hydrogen) atoms. The average molecular weight is 384 g/mol. The molecule has 2 heterocycles. The molecule has 2 aromatic heterocycles. The quantitative estimate of drug-likeness (QED) is 0.584. The van der Waals surface area contributed by atoms with E-state index in [1.165, 1.54) is 21.2 Å². The fraction of sp³-hybridized carbons (Fsp3) is 0.100. The van der Waals surface area contributed by atoms with E-state index >= 15 is 0 Å². The van der Waals surface area contributed by atoms with Gasteiger partial charge in [0.2, 0.25) is 0 Å². The summed E-state index contributed by atoms with van der Waals surface area (Å²) < 4.78 is 16.0. The lowest BCUT2D eigenvalue weighted by molar-refractivity contribution is 0.155. The number of fused-ring (bicyclic) bond motifs is 1. The fourth-order valence-electron chi connectivity index (χ4n) is 2.94. The molecule has 0 bridgehead atoms. The third kappa shape index (κ3) is 3.49. The molecule has 0 amide bonds. The molecular weight excluding hydrogens is 369 g/mol. The van der Waals surface area contributed by atoms with E-state index in [2.05, 4.69) is 5.10 Å². The predicted molar refractivity (Wildman–Crippen MR) is 101 cm³/mol. The standard InChI is InChI=1S/C20H15ClFN3O2/c21-15-3-1-2-14(10-15)19(26)12-24-8-9-25-18(20(24)27)11-17(23-25)13-4-6-16(22)7-5-13/h1-11,19,26H,12H2. The summed E-state index contributed by atoms with van der Waals surface area (Å²) in [6.45, 7) is 0.0900. The van der Waals surface area contributed by atoms with Crippen molar-refractivity contribution in [2.45, 2.75) is 12.6 Å². The van der Waals surface area contributed by atoms with Gasteiger partial charge < -0.3 is 9.67 Å². The number of benzene rings is 2. The largest absolute Gasteiger partial charge is 0.387 e. The van der Waals surface area contributed by atoms with Crippen LogP contribution in [0, 0.1) is 5.82 Å². The van der Waals surface area contributed by atoms with Gasteiger partial charge in [-0.2, -0.15) is 5.10 Å². The first-order valence-corrected chi connectivity index (χ1v) is 8.67. The monoisotopic (exact) mass is 383 g/mol. The Labute approximate surface area is 158 Å². The lowest BCUT2D eigenvalue weighted by atomic mass is 10.1. The summed E-state index contributed by atoms with van der Waals surface area (Å²) in [5.41, 5.74) is 2.01. The molecule has 0 aliphatic heterocycles. The van der Waals surface area contributed by atoms with E-state index in [0.29, 0.717) is 27.4 Å². The van der Waals surface area contributed by atoms with Crippen LogP contribution in [0.2, 0.25) is 5.02 Å². The number of hydrogen-bond acceptors (Lipinski definition) is 3. The fourth-order valence-corrected chi connectivity index (χ4v) is 3.14. The summed E-state index contributed by atoms with van der Waals surface area (Å²) in [6, 6.07) is 14.5. The maximum Gasteiger partial charge on any atom is 0.276 e. The van der Waals surface area contributed by atoms with Gasteiger partial charge in [-0.25, -0.2) is 8.91 Å². The van der Waals surface area contributed by atoms with Crippen molar-refractivity contribution in [3.8, 4) is 11.3 Å².